The number of alkyl halides is 3. The number of carboxylic acid groups (broad SMARTS) is 1. The summed E-state index contributed by atoms with van der Waals surface area (Å²) in [6.07, 6.45) is -3.19. The number of hydrogen-bond donors (Lipinski definition) is 3. The normalized spacial score (nSPS) is 21.9. The molecule has 1 spiro atoms. The van der Waals surface area contributed by atoms with Crippen molar-refractivity contribution in [3.63, 3.8) is 0 Å². The van der Waals surface area contributed by atoms with Crippen LogP contribution >= 0.6 is 0 Å². The minimum Gasteiger partial charge on any atom is -0.475 e. The van der Waals surface area contributed by atoms with Crippen molar-refractivity contribution in [3.8, 4) is 0 Å². The van der Waals surface area contributed by atoms with Gasteiger partial charge in [0, 0.05) is 31.5 Å². The van der Waals surface area contributed by atoms with Crippen LogP contribution in [0.2, 0.25) is 0 Å². The van der Waals surface area contributed by atoms with E-state index < -0.39 is 12.1 Å². The van der Waals surface area contributed by atoms with Gasteiger partial charge in [-0.1, -0.05) is 0 Å². The van der Waals surface area contributed by atoms with E-state index in [-0.39, 0.29) is 5.91 Å². The second-order valence-corrected chi connectivity index (χ2v) is 4.18. The number of halogens is 3. The van der Waals surface area contributed by atoms with Crippen LogP contribution in [0.1, 0.15) is 12.8 Å². The van der Waals surface area contributed by atoms with Crippen LogP contribution in [0.25, 0.3) is 0 Å². The minimum absolute atomic E-state index is 0.229. The highest BCUT2D eigenvalue weighted by Gasteiger charge is 2.40. The Kier molecular flexibility index (Phi) is 3.97. The van der Waals surface area contributed by atoms with Gasteiger partial charge in [0.15, 0.2) is 0 Å². The standard InChI is InChI=1S/C7H12N2O.C2HF3O2/c10-6-3-7(1-2-9-6)4-8-5-7;3-2(4,5)1(6)7/h8H,1-5H2,(H,9,10);(H,6,7). The molecule has 3 N–H and O–H groups in total. The Labute approximate surface area is 95.4 Å². The van der Waals surface area contributed by atoms with E-state index in [4.69, 9.17) is 9.90 Å². The molecule has 0 aromatic rings. The van der Waals surface area contributed by atoms with Crippen LogP contribution in [0.15, 0.2) is 0 Å². The van der Waals surface area contributed by atoms with Gasteiger partial charge in [-0.3, -0.25) is 4.79 Å². The molecule has 2 aliphatic heterocycles. The maximum Gasteiger partial charge on any atom is 0.490 e. The van der Waals surface area contributed by atoms with Crippen molar-refractivity contribution in [2.24, 2.45) is 5.41 Å². The van der Waals surface area contributed by atoms with Gasteiger partial charge in [-0.2, -0.15) is 13.2 Å². The lowest BCUT2D eigenvalue weighted by Gasteiger charge is -2.44. The van der Waals surface area contributed by atoms with E-state index in [1.54, 1.807) is 0 Å². The predicted octanol–water partition coefficient (Wildman–Crippen LogP) is 0.119. The first kappa shape index (κ1) is 13.8. The van der Waals surface area contributed by atoms with Crippen molar-refractivity contribution in [1.29, 1.82) is 0 Å². The summed E-state index contributed by atoms with van der Waals surface area (Å²) in [6.45, 7) is 2.96. The summed E-state index contributed by atoms with van der Waals surface area (Å²) in [7, 11) is 0. The highest BCUT2D eigenvalue weighted by molar-refractivity contribution is 5.77. The van der Waals surface area contributed by atoms with E-state index in [9.17, 15) is 18.0 Å². The zero-order valence-electron chi connectivity index (χ0n) is 8.93. The average Bonchev–Trinajstić information content (AvgIpc) is 2.15. The van der Waals surface area contributed by atoms with Gasteiger partial charge in [-0.05, 0) is 6.42 Å². The van der Waals surface area contributed by atoms with Gasteiger partial charge in [-0.25, -0.2) is 4.79 Å². The summed E-state index contributed by atoms with van der Waals surface area (Å²) < 4.78 is 31.7. The summed E-state index contributed by atoms with van der Waals surface area (Å²) in [5.41, 5.74) is 0.350. The van der Waals surface area contributed by atoms with Crippen molar-refractivity contribution in [3.05, 3.63) is 0 Å². The van der Waals surface area contributed by atoms with E-state index in [2.05, 4.69) is 10.6 Å². The predicted molar refractivity (Wildman–Crippen MR) is 51.2 cm³/mol. The van der Waals surface area contributed by atoms with Crippen molar-refractivity contribution in [2.45, 2.75) is 19.0 Å². The first-order chi connectivity index (χ1) is 7.75. The van der Waals surface area contributed by atoms with Crippen molar-refractivity contribution < 1.29 is 27.9 Å². The molecule has 0 atom stereocenters. The van der Waals surface area contributed by atoms with E-state index in [0.29, 0.717) is 5.41 Å². The number of carbonyl (C=O) groups excluding carboxylic acids is 1. The molecule has 0 radical (unpaired) electrons. The van der Waals surface area contributed by atoms with Crippen LogP contribution in [-0.2, 0) is 9.59 Å². The number of hydrogen-bond acceptors (Lipinski definition) is 3. The average molecular weight is 254 g/mol. The monoisotopic (exact) mass is 254 g/mol. The van der Waals surface area contributed by atoms with E-state index in [1.165, 1.54) is 0 Å². The Bertz CT molecular complexity index is 313. The molecule has 0 aromatic heterocycles. The van der Waals surface area contributed by atoms with Crippen LogP contribution < -0.4 is 10.6 Å². The van der Waals surface area contributed by atoms with Crippen molar-refractivity contribution in [2.75, 3.05) is 19.6 Å². The quantitative estimate of drug-likeness (QED) is 0.573. The Morgan fingerprint density at radius 3 is 2.12 bits per heavy atom. The highest BCUT2D eigenvalue weighted by atomic mass is 19.4. The van der Waals surface area contributed by atoms with Crippen molar-refractivity contribution in [1.82, 2.24) is 10.6 Å². The summed E-state index contributed by atoms with van der Waals surface area (Å²) in [5, 5.41) is 13.2. The van der Waals surface area contributed by atoms with Gasteiger partial charge < -0.3 is 15.7 Å². The molecular weight excluding hydrogens is 241 g/mol. The van der Waals surface area contributed by atoms with E-state index in [0.717, 1.165) is 32.5 Å². The molecule has 2 rings (SSSR count). The van der Waals surface area contributed by atoms with Gasteiger partial charge in [0.2, 0.25) is 5.91 Å². The first-order valence-electron chi connectivity index (χ1n) is 5.03. The number of carbonyl (C=O) groups is 2. The number of piperidine rings is 1. The number of carboxylic acids is 1. The molecule has 2 heterocycles. The Balaban J connectivity index is 0.000000185. The molecule has 1 amide bonds. The molecular formula is C9H13F3N2O3. The van der Waals surface area contributed by atoms with Gasteiger partial charge in [0.05, 0.1) is 0 Å². The molecule has 0 aromatic carbocycles. The zero-order chi connectivity index (χ0) is 13.1. The number of amides is 1. The molecule has 17 heavy (non-hydrogen) atoms. The first-order valence-corrected chi connectivity index (χ1v) is 5.03. The second-order valence-electron chi connectivity index (χ2n) is 4.18. The third-order valence-corrected chi connectivity index (χ3v) is 2.76. The molecule has 0 unspecified atom stereocenters. The molecule has 2 saturated heterocycles. The molecule has 0 aliphatic carbocycles. The van der Waals surface area contributed by atoms with Crippen LogP contribution in [0.4, 0.5) is 13.2 Å². The van der Waals surface area contributed by atoms with E-state index in [1.807, 2.05) is 0 Å². The van der Waals surface area contributed by atoms with Gasteiger partial charge >= 0.3 is 12.1 Å². The van der Waals surface area contributed by atoms with Crippen LogP contribution in [0.3, 0.4) is 0 Å². The summed E-state index contributed by atoms with van der Waals surface area (Å²) in [4.78, 5) is 19.8. The lowest BCUT2D eigenvalue weighted by Crippen LogP contribution is -2.58. The third kappa shape index (κ3) is 3.88. The fourth-order valence-electron chi connectivity index (χ4n) is 1.74. The lowest BCUT2D eigenvalue weighted by atomic mass is 9.74. The largest absolute Gasteiger partial charge is 0.490 e. The van der Waals surface area contributed by atoms with Gasteiger partial charge in [0.25, 0.3) is 0 Å². The molecule has 2 aliphatic rings. The van der Waals surface area contributed by atoms with Gasteiger partial charge in [0.1, 0.15) is 0 Å². The number of rotatable bonds is 0. The van der Waals surface area contributed by atoms with Gasteiger partial charge in [-0.15, -0.1) is 0 Å². The SMILES string of the molecule is O=C(O)C(F)(F)F.O=C1CC2(CCN1)CNC2. The Hall–Kier alpha value is -1.31. The fourth-order valence-corrected chi connectivity index (χ4v) is 1.74. The summed E-state index contributed by atoms with van der Waals surface area (Å²) in [5.74, 6) is -2.53. The molecule has 2 fully saturated rings. The van der Waals surface area contributed by atoms with Crippen LogP contribution in [0.5, 0.6) is 0 Å². The van der Waals surface area contributed by atoms with E-state index >= 15 is 0 Å². The Morgan fingerprint density at radius 1 is 1.35 bits per heavy atom. The third-order valence-electron chi connectivity index (χ3n) is 2.76. The number of nitrogens with one attached hydrogen (secondary N) is 2. The molecule has 0 bridgehead atoms. The second kappa shape index (κ2) is 4.91. The summed E-state index contributed by atoms with van der Waals surface area (Å²) >= 11 is 0. The topological polar surface area (TPSA) is 78.4 Å². The summed E-state index contributed by atoms with van der Waals surface area (Å²) in [6, 6.07) is 0. The highest BCUT2D eigenvalue weighted by Crippen LogP contribution is 2.32. The fraction of sp³-hybridized carbons (Fsp3) is 0.778. The van der Waals surface area contributed by atoms with Crippen LogP contribution in [-0.4, -0.2) is 42.8 Å². The molecule has 8 heteroatoms. The smallest absolute Gasteiger partial charge is 0.475 e. The maximum absolute atomic E-state index is 10.9. The lowest BCUT2D eigenvalue weighted by molar-refractivity contribution is -0.192. The minimum atomic E-state index is -5.08. The number of aliphatic carboxylic acids is 1. The maximum atomic E-state index is 10.9. The Morgan fingerprint density at radius 2 is 1.88 bits per heavy atom. The van der Waals surface area contributed by atoms with Crippen LogP contribution in [0, 0.1) is 5.41 Å². The molecule has 98 valence electrons. The molecule has 5 nitrogen and oxygen atoms in total. The zero-order valence-corrected chi connectivity index (χ0v) is 8.93. The van der Waals surface area contributed by atoms with Crippen molar-refractivity contribution >= 4 is 11.9 Å². The molecule has 0 saturated carbocycles.